The molecule has 2 unspecified atom stereocenters. The summed E-state index contributed by atoms with van der Waals surface area (Å²) < 4.78 is 38.6. The maximum absolute atomic E-state index is 13.7. The van der Waals surface area contributed by atoms with E-state index in [1.807, 2.05) is 19.9 Å². The van der Waals surface area contributed by atoms with Crippen LogP contribution in [0.5, 0.6) is 5.75 Å². The van der Waals surface area contributed by atoms with Crippen LogP contribution in [0, 0.1) is 13.8 Å². The third-order valence-corrected chi connectivity index (χ3v) is 8.27. The molecule has 3 aromatic rings. The van der Waals surface area contributed by atoms with Gasteiger partial charge in [0.15, 0.2) is 11.5 Å². The number of phenols is 1. The quantitative estimate of drug-likeness (QED) is 0.162. The number of aromatic amines is 1. The Balaban J connectivity index is 1.45. The van der Waals surface area contributed by atoms with E-state index < -0.39 is 31.1 Å². The zero-order valence-corrected chi connectivity index (χ0v) is 24.5. The number of halogens is 3. The smallest absolute Gasteiger partial charge is 0.401 e. The van der Waals surface area contributed by atoms with Gasteiger partial charge < -0.3 is 10.4 Å². The predicted molar refractivity (Wildman–Crippen MR) is 157 cm³/mol. The van der Waals surface area contributed by atoms with Gasteiger partial charge >= 0.3 is 6.18 Å². The number of nitrogens with one attached hydrogen (secondary N) is 3. The molecule has 0 radical (unpaired) electrons. The van der Waals surface area contributed by atoms with E-state index >= 15 is 0 Å². The molecule has 5 rings (SSSR count). The van der Waals surface area contributed by atoms with Gasteiger partial charge in [0, 0.05) is 18.0 Å². The highest BCUT2D eigenvalue weighted by atomic mass is 19.4. The van der Waals surface area contributed by atoms with Crippen molar-refractivity contribution < 1.29 is 27.9 Å². The number of hydrogen-bond donors (Lipinski definition) is 4. The third-order valence-electron chi connectivity index (χ3n) is 8.27. The normalized spacial score (nSPS) is 20.5. The number of aromatic hydroxyl groups is 1. The first kappa shape index (κ1) is 30.9. The molecular weight excluding hydrogens is 577 g/mol. The number of nitrogens with zero attached hydrogens (tertiary/aromatic N) is 5. The van der Waals surface area contributed by atoms with E-state index in [1.165, 1.54) is 6.92 Å². The molecule has 0 bridgehead atoms. The molecule has 44 heavy (non-hydrogen) atoms. The van der Waals surface area contributed by atoms with Gasteiger partial charge in [-0.25, -0.2) is 10.00 Å². The van der Waals surface area contributed by atoms with E-state index in [-0.39, 0.29) is 45.8 Å². The predicted octanol–water partition coefficient (Wildman–Crippen LogP) is 4.77. The summed E-state index contributed by atoms with van der Waals surface area (Å²) in [5.74, 6) is -0.660. The fraction of sp³-hybridized carbons (Fsp3) is 0.400. The number of phenolic OH excluding ortho intramolecular Hbond substituents is 1. The molecule has 2 aliphatic rings. The SMILES string of the molecule is CC1=C(CNCC(F)(F)F)C(=O)N(c2ccc(C)c(C)c2)C(=O)/C1=N/Nc1cccc(C2CCCC(c3nnn[nH]3)C2)c1O. The van der Waals surface area contributed by atoms with Crippen LogP contribution in [-0.2, 0) is 9.59 Å². The fourth-order valence-electron chi connectivity index (χ4n) is 5.72. The van der Waals surface area contributed by atoms with Gasteiger partial charge in [0.25, 0.3) is 11.8 Å². The van der Waals surface area contributed by atoms with Gasteiger partial charge in [0.05, 0.1) is 17.9 Å². The lowest BCUT2D eigenvalue weighted by molar-refractivity contribution is -0.126. The first-order valence-electron chi connectivity index (χ1n) is 14.3. The molecule has 2 amide bonds. The number of hydrogen-bond acceptors (Lipinski definition) is 9. The zero-order valence-electron chi connectivity index (χ0n) is 24.5. The van der Waals surface area contributed by atoms with Crippen LogP contribution in [0.1, 0.15) is 67.0 Å². The summed E-state index contributed by atoms with van der Waals surface area (Å²) in [6.45, 7) is 3.44. The number of aryl methyl sites for hydroxylation is 2. The Hall–Kier alpha value is -4.59. The molecule has 2 heterocycles. The van der Waals surface area contributed by atoms with E-state index in [1.54, 1.807) is 30.3 Å². The van der Waals surface area contributed by atoms with Gasteiger partial charge in [-0.1, -0.05) is 24.6 Å². The van der Waals surface area contributed by atoms with Crippen LogP contribution < -0.4 is 15.6 Å². The van der Waals surface area contributed by atoms with Crippen LogP contribution in [0.15, 0.2) is 52.6 Å². The number of amides is 2. The van der Waals surface area contributed by atoms with Crippen molar-refractivity contribution in [1.29, 1.82) is 0 Å². The number of hydrazone groups is 1. The van der Waals surface area contributed by atoms with Crippen LogP contribution in [-0.4, -0.2) is 62.5 Å². The van der Waals surface area contributed by atoms with E-state index in [4.69, 9.17) is 0 Å². The Morgan fingerprint density at radius 2 is 1.84 bits per heavy atom. The largest absolute Gasteiger partial charge is 0.505 e. The average molecular weight is 611 g/mol. The average Bonchev–Trinajstić information content (AvgIpc) is 3.52. The van der Waals surface area contributed by atoms with Crippen molar-refractivity contribution in [2.24, 2.45) is 5.10 Å². The topological polar surface area (TPSA) is 148 Å². The number of para-hydroxylation sites is 1. The van der Waals surface area contributed by atoms with Crippen molar-refractivity contribution in [2.75, 3.05) is 23.4 Å². The summed E-state index contributed by atoms with van der Waals surface area (Å²) in [7, 11) is 0. The molecule has 11 nitrogen and oxygen atoms in total. The highest BCUT2D eigenvalue weighted by Gasteiger charge is 2.38. The number of imide groups is 1. The summed E-state index contributed by atoms with van der Waals surface area (Å²) in [5.41, 5.74) is 5.71. The van der Waals surface area contributed by atoms with Gasteiger partial charge in [0.2, 0.25) is 0 Å². The number of benzene rings is 2. The molecule has 1 saturated carbocycles. The van der Waals surface area contributed by atoms with Crippen LogP contribution >= 0.6 is 0 Å². The molecule has 2 aromatic carbocycles. The maximum atomic E-state index is 13.7. The summed E-state index contributed by atoms with van der Waals surface area (Å²) in [5, 5.41) is 32.0. The molecule has 0 spiro atoms. The number of carbonyl (C=O) groups excluding carboxylic acids is 2. The number of aromatic nitrogens is 4. The fourth-order valence-corrected chi connectivity index (χ4v) is 5.72. The van der Waals surface area contributed by atoms with E-state index in [0.717, 1.165) is 41.7 Å². The molecule has 2 atom stereocenters. The lowest BCUT2D eigenvalue weighted by Gasteiger charge is -2.30. The monoisotopic (exact) mass is 610 g/mol. The standard InChI is InChI=1S/C30H33F3N8O3/c1-16-10-11-21(12-17(16)2)41-28(43)23(14-34-15-30(31,32)33)18(3)25(29(41)44)36-35-24-9-5-8-22(26(24)42)19-6-4-7-20(13-19)27-37-39-40-38-27/h5,8-12,19-20,34-35,42H,4,6-7,13-15H2,1-3H3,(H,37,38,39,40)/b36-25+. The van der Waals surface area contributed by atoms with Gasteiger partial charge in [-0.05, 0) is 96.8 Å². The molecule has 232 valence electrons. The molecule has 1 aliphatic heterocycles. The van der Waals surface area contributed by atoms with Crippen molar-refractivity contribution in [3.63, 3.8) is 0 Å². The summed E-state index contributed by atoms with van der Waals surface area (Å²) in [4.78, 5) is 28.1. The highest BCUT2D eigenvalue weighted by molar-refractivity contribution is 6.57. The highest BCUT2D eigenvalue weighted by Crippen LogP contribution is 2.44. The van der Waals surface area contributed by atoms with Gasteiger partial charge in [0.1, 0.15) is 5.75 Å². The van der Waals surface area contributed by atoms with Crippen LogP contribution in [0.25, 0.3) is 0 Å². The minimum absolute atomic E-state index is 0.0235. The third kappa shape index (κ3) is 6.49. The van der Waals surface area contributed by atoms with Crippen molar-refractivity contribution >= 4 is 28.9 Å². The number of carbonyl (C=O) groups is 2. The minimum Gasteiger partial charge on any atom is -0.505 e. The van der Waals surface area contributed by atoms with Gasteiger partial charge in [-0.2, -0.15) is 18.3 Å². The molecule has 14 heteroatoms. The first-order valence-corrected chi connectivity index (χ1v) is 14.3. The zero-order chi connectivity index (χ0) is 31.6. The van der Waals surface area contributed by atoms with E-state index in [9.17, 15) is 27.9 Å². The molecule has 1 aliphatic carbocycles. The second-order valence-corrected chi connectivity index (χ2v) is 11.2. The van der Waals surface area contributed by atoms with Crippen molar-refractivity contribution in [3.05, 3.63) is 70.1 Å². The summed E-state index contributed by atoms with van der Waals surface area (Å²) in [6.07, 6.45) is -1.07. The van der Waals surface area contributed by atoms with Crippen molar-refractivity contribution in [3.8, 4) is 5.75 Å². The molecule has 1 fully saturated rings. The number of H-pyrrole nitrogens is 1. The van der Waals surface area contributed by atoms with Crippen LogP contribution in [0.3, 0.4) is 0 Å². The van der Waals surface area contributed by atoms with Crippen molar-refractivity contribution in [2.45, 2.75) is 64.5 Å². The maximum Gasteiger partial charge on any atom is 0.401 e. The molecule has 0 saturated heterocycles. The summed E-state index contributed by atoms with van der Waals surface area (Å²) >= 11 is 0. The first-order chi connectivity index (χ1) is 20.9. The number of alkyl halides is 3. The van der Waals surface area contributed by atoms with Crippen molar-refractivity contribution in [1.82, 2.24) is 25.9 Å². The lowest BCUT2D eigenvalue weighted by atomic mass is 9.77. The number of rotatable bonds is 8. The minimum atomic E-state index is -4.49. The Labute approximate surface area is 251 Å². The van der Waals surface area contributed by atoms with E-state index in [2.05, 4.69) is 36.5 Å². The van der Waals surface area contributed by atoms with Gasteiger partial charge in [-0.3, -0.25) is 15.0 Å². The second-order valence-electron chi connectivity index (χ2n) is 11.2. The summed E-state index contributed by atoms with van der Waals surface area (Å²) in [6, 6.07) is 10.2. The van der Waals surface area contributed by atoms with Crippen LogP contribution in [0.4, 0.5) is 24.5 Å². The van der Waals surface area contributed by atoms with Gasteiger partial charge in [-0.15, -0.1) is 5.10 Å². The second kappa shape index (κ2) is 12.6. The molecule has 1 aromatic heterocycles. The number of tetrazole rings is 1. The van der Waals surface area contributed by atoms with Crippen LogP contribution in [0.2, 0.25) is 0 Å². The Morgan fingerprint density at radius 1 is 1.07 bits per heavy atom. The Morgan fingerprint density at radius 3 is 2.55 bits per heavy atom. The lowest BCUT2D eigenvalue weighted by Crippen LogP contribution is -2.49. The molecular formula is C30H33F3N8O3. The van der Waals surface area contributed by atoms with E-state index in [0.29, 0.717) is 11.4 Å². The molecule has 4 N–H and O–H groups in total. The Kier molecular flexibility index (Phi) is 8.81. The number of anilines is 2. The Bertz CT molecular complexity index is 1620.